The first-order chi connectivity index (χ1) is 16.3. The van der Waals surface area contributed by atoms with Gasteiger partial charge in [0.2, 0.25) is 0 Å². The number of ether oxygens (including phenoxy) is 1. The van der Waals surface area contributed by atoms with Crippen molar-refractivity contribution in [2.75, 3.05) is 13.2 Å². The van der Waals surface area contributed by atoms with Gasteiger partial charge in [-0.3, -0.25) is 0 Å². The minimum absolute atomic E-state index is 0.0257. The number of nitrogens with zero attached hydrogens (tertiary/aromatic N) is 4. The van der Waals surface area contributed by atoms with Crippen molar-refractivity contribution in [1.82, 2.24) is 14.5 Å². The van der Waals surface area contributed by atoms with E-state index in [0.717, 1.165) is 23.9 Å². The van der Waals surface area contributed by atoms with Crippen LogP contribution in [0.3, 0.4) is 0 Å². The first-order valence-electron chi connectivity index (χ1n) is 10.6. The van der Waals surface area contributed by atoms with Crippen molar-refractivity contribution in [2.24, 2.45) is 5.16 Å². The third kappa shape index (κ3) is 3.65. The molecule has 2 N–H and O–H groups in total. The van der Waals surface area contributed by atoms with Crippen molar-refractivity contribution in [3.8, 4) is 11.4 Å². The molecule has 2 aliphatic rings. The van der Waals surface area contributed by atoms with Gasteiger partial charge in [-0.15, -0.1) is 0 Å². The molecular weight excluding hydrogens is 446 g/mol. The number of aromatic nitrogens is 2. The van der Waals surface area contributed by atoms with E-state index in [9.17, 15) is 19.0 Å². The molecule has 10 heteroatoms. The maximum Gasteiger partial charge on any atom is 0.260 e. The van der Waals surface area contributed by atoms with Gasteiger partial charge in [0.25, 0.3) is 5.72 Å². The summed E-state index contributed by atoms with van der Waals surface area (Å²) in [5.74, 6) is -0.831. The van der Waals surface area contributed by atoms with Gasteiger partial charge in [0.1, 0.15) is 35.9 Å². The molecule has 2 atom stereocenters. The second-order valence-corrected chi connectivity index (χ2v) is 8.31. The van der Waals surface area contributed by atoms with Crippen molar-refractivity contribution in [3.63, 3.8) is 0 Å². The smallest absolute Gasteiger partial charge is 0.260 e. The Balaban J connectivity index is 1.51. The standard InChI is InChI=1S/C24H22F2N4O4/c1-14-10-29(13-27-14)20-4-3-16(5-21(20)32)22-9-23-28-34-24(12-31,30(23)11-15(2)33-22)17-6-18(25)8-19(26)7-17/h3-10,13,15,31-32H,11-12H2,1-2H3/t15-,24?/m0/s1. The molecule has 8 nitrogen and oxygen atoms in total. The summed E-state index contributed by atoms with van der Waals surface area (Å²) in [6.45, 7) is 3.29. The molecule has 5 rings (SSSR count). The summed E-state index contributed by atoms with van der Waals surface area (Å²) >= 11 is 0. The zero-order valence-electron chi connectivity index (χ0n) is 18.4. The largest absolute Gasteiger partial charge is 0.506 e. The third-order valence-corrected chi connectivity index (χ3v) is 5.81. The summed E-state index contributed by atoms with van der Waals surface area (Å²) in [5, 5.41) is 25.0. The number of hydrogen-bond donors (Lipinski definition) is 2. The van der Waals surface area contributed by atoms with Crippen LogP contribution in [0.5, 0.6) is 5.75 Å². The van der Waals surface area contributed by atoms with E-state index >= 15 is 0 Å². The Morgan fingerprint density at radius 1 is 1.18 bits per heavy atom. The summed E-state index contributed by atoms with van der Waals surface area (Å²) in [7, 11) is 0. The molecule has 0 spiro atoms. The van der Waals surface area contributed by atoms with E-state index in [4.69, 9.17) is 9.57 Å². The average molecular weight is 468 g/mol. The molecule has 34 heavy (non-hydrogen) atoms. The Hall–Kier alpha value is -3.92. The highest BCUT2D eigenvalue weighted by atomic mass is 19.1. The predicted octanol–water partition coefficient (Wildman–Crippen LogP) is 3.42. The molecule has 0 amide bonds. The Labute approximate surface area is 194 Å². The molecule has 1 unspecified atom stereocenters. The average Bonchev–Trinajstić information content (AvgIpc) is 3.32. The number of imidazole rings is 1. The predicted molar refractivity (Wildman–Crippen MR) is 119 cm³/mol. The Kier molecular flexibility index (Phi) is 5.24. The van der Waals surface area contributed by atoms with E-state index in [1.807, 2.05) is 13.8 Å². The van der Waals surface area contributed by atoms with Gasteiger partial charge in [-0.05, 0) is 44.2 Å². The number of fused-ring (bicyclic) bond motifs is 1. The van der Waals surface area contributed by atoms with E-state index in [-0.39, 0.29) is 17.9 Å². The summed E-state index contributed by atoms with van der Waals surface area (Å²) in [5.41, 5.74) is 0.451. The molecule has 0 saturated heterocycles. The van der Waals surface area contributed by atoms with Crippen LogP contribution in [0.15, 0.2) is 60.2 Å². The van der Waals surface area contributed by atoms with Gasteiger partial charge in [-0.25, -0.2) is 13.8 Å². The van der Waals surface area contributed by atoms with Crippen LogP contribution in [0.2, 0.25) is 0 Å². The summed E-state index contributed by atoms with van der Waals surface area (Å²) in [6, 6.07) is 8.05. The van der Waals surface area contributed by atoms with Gasteiger partial charge in [0.05, 0.1) is 24.3 Å². The van der Waals surface area contributed by atoms with Crippen molar-refractivity contribution in [2.45, 2.75) is 25.7 Å². The highest BCUT2D eigenvalue weighted by Gasteiger charge is 2.49. The van der Waals surface area contributed by atoms with Crippen molar-refractivity contribution in [1.29, 1.82) is 0 Å². The van der Waals surface area contributed by atoms with Crippen LogP contribution in [0, 0.1) is 18.6 Å². The molecule has 2 aromatic carbocycles. The highest BCUT2D eigenvalue weighted by Crippen LogP contribution is 2.39. The fourth-order valence-corrected chi connectivity index (χ4v) is 4.21. The normalized spacial score (nSPS) is 21.8. The molecule has 2 aliphatic heterocycles. The zero-order chi connectivity index (χ0) is 24.0. The lowest BCUT2D eigenvalue weighted by molar-refractivity contribution is -0.141. The topological polar surface area (TPSA) is 92.3 Å². The van der Waals surface area contributed by atoms with E-state index in [2.05, 4.69) is 10.1 Å². The fourth-order valence-electron chi connectivity index (χ4n) is 4.21. The number of hydrogen-bond acceptors (Lipinski definition) is 7. The van der Waals surface area contributed by atoms with Gasteiger partial charge in [0, 0.05) is 29.5 Å². The van der Waals surface area contributed by atoms with Crippen LogP contribution < -0.4 is 0 Å². The van der Waals surface area contributed by atoms with E-state index in [0.29, 0.717) is 22.8 Å². The maximum atomic E-state index is 13.9. The van der Waals surface area contributed by atoms with Crippen LogP contribution in [0.4, 0.5) is 8.78 Å². The molecule has 0 bridgehead atoms. The van der Waals surface area contributed by atoms with Crippen LogP contribution >= 0.6 is 0 Å². The number of aryl methyl sites for hydroxylation is 1. The number of phenolic OH excluding ortho intramolecular Hbond substituents is 1. The SMILES string of the molecule is Cc1cn(-c2ccc(C3=CC4=NOC(CO)(c5cc(F)cc(F)c5)N4C[C@H](C)O3)cc2O)cn1. The molecule has 0 radical (unpaired) electrons. The second kappa shape index (κ2) is 8.14. The maximum absolute atomic E-state index is 13.9. The van der Waals surface area contributed by atoms with Crippen LogP contribution in [0.25, 0.3) is 11.4 Å². The van der Waals surface area contributed by atoms with Crippen LogP contribution in [-0.2, 0) is 15.3 Å². The van der Waals surface area contributed by atoms with Crippen molar-refractivity contribution in [3.05, 3.63) is 83.5 Å². The molecule has 0 saturated carbocycles. The van der Waals surface area contributed by atoms with Crippen LogP contribution in [0.1, 0.15) is 23.7 Å². The number of aliphatic hydroxyl groups excluding tert-OH is 1. The molecule has 0 fully saturated rings. The molecule has 176 valence electrons. The van der Waals surface area contributed by atoms with E-state index in [1.54, 1.807) is 46.3 Å². The lowest BCUT2D eigenvalue weighted by Crippen LogP contribution is -2.50. The molecule has 3 heterocycles. The fraction of sp³-hybridized carbons (Fsp3) is 0.250. The number of aromatic hydroxyl groups is 1. The number of benzene rings is 2. The number of rotatable bonds is 4. The molecule has 0 aliphatic carbocycles. The van der Waals surface area contributed by atoms with Crippen molar-refractivity contribution >= 4 is 11.6 Å². The lowest BCUT2D eigenvalue weighted by atomic mass is 10.0. The quantitative estimate of drug-likeness (QED) is 0.610. The van der Waals surface area contributed by atoms with Gasteiger partial charge in [-0.2, -0.15) is 0 Å². The minimum atomic E-state index is -1.60. The van der Waals surface area contributed by atoms with Gasteiger partial charge < -0.3 is 29.3 Å². The van der Waals surface area contributed by atoms with E-state index < -0.39 is 30.1 Å². The van der Waals surface area contributed by atoms with Gasteiger partial charge in [-0.1, -0.05) is 5.16 Å². The van der Waals surface area contributed by atoms with E-state index in [1.165, 1.54) is 0 Å². The number of aliphatic hydroxyl groups is 1. The number of phenols is 1. The van der Waals surface area contributed by atoms with Gasteiger partial charge in [0.15, 0.2) is 5.84 Å². The van der Waals surface area contributed by atoms with Crippen LogP contribution in [-0.4, -0.2) is 49.8 Å². The molecule has 1 aromatic heterocycles. The number of oxime groups is 1. The third-order valence-electron chi connectivity index (χ3n) is 5.81. The Morgan fingerprint density at radius 2 is 1.94 bits per heavy atom. The van der Waals surface area contributed by atoms with Crippen molar-refractivity contribution < 1.29 is 28.6 Å². The summed E-state index contributed by atoms with van der Waals surface area (Å²) in [6.07, 6.45) is 4.60. The Bertz CT molecular complexity index is 1300. The number of halogens is 2. The number of amidine groups is 1. The molecular formula is C24H22F2N4O4. The first kappa shape index (κ1) is 21.9. The zero-order valence-corrected chi connectivity index (χ0v) is 18.4. The highest BCUT2D eigenvalue weighted by molar-refractivity contribution is 5.99. The minimum Gasteiger partial charge on any atom is -0.506 e. The van der Waals surface area contributed by atoms with Gasteiger partial charge >= 0.3 is 0 Å². The Morgan fingerprint density at radius 3 is 2.59 bits per heavy atom. The summed E-state index contributed by atoms with van der Waals surface area (Å²) in [4.78, 5) is 11.4. The second-order valence-electron chi connectivity index (χ2n) is 8.31. The molecule has 3 aromatic rings. The lowest BCUT2D eigenvalue weighted by Gasteiger charge is -2.36. The summed E-state index contributed by atoms with van der Waals surface area (Å²) < 4.78 is 35.7. The monoisotopic (exact) mass is 468 g/mol. The first-order valence-corrected chi connectivity index (χ1v) is 10.6.